The normalized spacial score (nSPS) is 21.8. The minimum Gasteiger partial charge on any atom is -0.351 e. The van der Waals surface area contributed by atoms with Crippen molar-refractivity contribution >= 4 is 5.91 Å². The summed E-state index contributed by atoms with van der Waals surface area (Å²) < 4.78 is 26.2. The zero-order chi connectivity index (χ0) is 16.2. The molecule has 2 rings (SSSR count). The molecule has 122 valence electrons. The number of carbonyl (C=O) groups is 1. The van der Waals surface area contributed by atoms with Gasteiger partial charge in [-0.3, -0.25) is 10.1 Å². The predicted octanol–water partition coefficient (Wildman–Crippen LogP) is 1.62. The van der Waals surface area contributed by atoms with E-state index >= 15 is 0 Å². The molecule has 1 heterocycles. The molecule has 22 heavy (non-hydrogen) atoms. The standard InChI is InChI=1S/C16H23F2N3O/c1-12(9-21(2)10-13-6-4-3-5-7-13)20-15(22)14-8-16(17,18)11-19-14/h3-7,12,14,19H,8-11H2,1-2H3,(H,20,22). The molecular weight excluding hydrogens is 288 g/mol. The van der Waals surface area contributed by atoms with Gasteiger partial charge in [-0.15, -0.1) is 0 Å². The first kappa shape index (κ1) is 16.8. The summed E-state index contributed by atoms with van der Waals surface area (Å²) in [7, 11) is 1.97. The maximum Gasteiger partial charge on any atom is 0.262 e. The summed E-state index contributed by atoms with van der Waals surface area (Å²) in [6, 6.07) is 9.14. The van der Waals surface area contributed by atoms with E-state index in [4.69, 9.17) is 0 Å². The van der Waals surface area contributed by atoms with Gasteiger partial charge in [0.2, 0.25) is 5.91 Å². The topological polar surface area (TPSA) is 44.4 Å². The molecule has 0 radical (unpaired) electrons. The van der Waals surface area contributed by atoms with Crippen molar-refractivity contribution in [1.82, 2.24) is 15.5 Å². The van der Waals surface area contributed by atoms with E-state index in [1.54, 1.807) is 0 Å². The summed E-state index contributed by atoms with van der Waals surface area (Å²) in [5.74, 6) is -3.13. The Labute approximate surface area is 129 Å². The fourth-order valence-corrected chi connectivity index (χ4v) is 2.72. The van der Waals surface area contributed by atoms with Crippen LogP contribution in [0.1, 0.15) is 18.9 Å². The van der Waals surface area contributed by atoms with Crippen molar-refractivity contribution in [1.29, 1.82) is 0 Å². The van der Waals surface area contributed by atoms with Crippen molar-refractivity contribution in [2.24, 2.45) is 0 Å². The molecule has 2 unspecified atom stereocenters. The van der Waals surface area contributed by atoms with Gasteiger partial charge in [0, 0.05) is 25.6 Å². The number of halogens is 2. The molecule has 4 nitrogen and oxygen atoms in total. The van der Waals surface area contributed by atoms with E-state index in [9.17, 15) is 13.6 Å². The van der Waals surface area contributed by atoms with Crippen molar-refractivity contribution in [3.05, 3.63) is 35.9 Å². The third-order valence-corrected chi connectivity index (χ3v) is 3.70. The van der Waals surface area contributed by atoms with E-state index in [0.29, 0.717) is 6.54 Å². The van der Waals surface area contributed by atoms with Crippen molar-refractivity contribution in [3.63, 3.8) is 0 Å². The monoisotopic (exact) mass is 311 g/mol. The third kappa shape index (κ3) is 5.03. The van der Waals surface area contributed by atoms with Crippen LogP contribution in [0.2, 0.25) is 0 Å². The molecule has 1 aromatic carbocycles. The molecule has 0 aliphatic carbocycles. The number of carbonyl (C=O) groups excluding carboxylic acids is 1. The molecule has 0 aromatic heterocycles. The van der Waals surface area contributed by atoms with E-state index in [1.165, 1.54) is 5.56 Å². The first-order valence-corrected chi connectivity index (χ1v) is 7.50. The zero-order valence-electron chi connectivity index (χ0n) is 13.0. The van der Waals surface area contributed by atoms with Gasteiger partial charge in [-0.25, -0.2) is 8.78 Å². The zero-order valence-corrected chi connectivity index (χ0v) is 13.0. The van der Waals surface area contributed by atoms with Crippen LogP contribution in [0, 0.1) is 0 Å². The minimum absolute atomic E-state index is 0.0998. The van der Waals surface area contributed by atoms with E-state index in [1.807, 2.05) is 44.3 Å². The Morgan fingerprint density at radius 1 is 1.45 bits per heavy atom. The number of hydrogen-bond donors (Lipinski definition) is 2. The van der Waals surface area contributed by atoms with Crippen LogP contribution in [0.4, 0.5) is 8.78 Å². The van der Waals surface area contributed by atoms with Gasteiger partial charge in [-0.2, -0.15) is 0 Å². The summed E-state index contributed by atoms with van der Waals surface area (Å²) in [5, 5.41) is 5.37. The molecule has 1 fully saturated rings. The summed E-state index contributed by atoms with van der Waals surface area (Å²) in [5.41, 5.74) is 1.20. The van der Waals surface area contributed by atoms with Gasteiger partial charge in [0.05, 0.1) is 12.6 Å². The average molecular weight is 311 g/mol. The molecule has 1 aliphatic heterocycles. The van der Waals surface area contributed by atoms with Crippen molar-refractivity contribution in [3.8, 4) is 0 Å². The first-order chi connectivity index (χ1) is 10.4. The van der Waals surface area contributed by atoms with Gasteiger partial charge in [0.25, 0.3) is 5.92 Å². The Bertz CT molecular complexity index is 495. The third-order valence-electron chi connectivity index (χ3n) is 3.70. The van der Waals surface area contributed by atoms with Gasteiger partial charge in [-0.05, 0) is 19.5 Å². The number of likely N-dealkylation sites (N-methyl/N-ethyl adjacent to an activating group) is 1. The second kappa shape index (κ2) is 7.15. The van der Waals surface area contributed by atoms with Gasteiger partial charge < -0.3 is 10.2 Å². The Hall–Kier alpha value is -1.53. The van der Waals surface area contributed by atoms with Crippen LogP contribution in [-0.4, -0.2) is 49.0 Å². The molecule has 0 spiro atoms. The van der Waals surface area contributed by atoms with E-state index in [2.05, 4.69) is 15.5 Å². The second-order valence-corrected chi connectivity index (χ2v) is 6.09. The number of alkyl halides is 2. The lowest BCUT2D eigenvalue weighted by Gasteiger charge is -2.23. The van der Waals surface area contributed by atoms with Crippen molar-refractivity contribution < 1.29 is 13.6 Å². The van der Waals surface area contributed by atoms with E-state index in [-0.39, 0.29) is 11.9 Å². The number of amides is 1. The Morgan fingerprint density at radius 3 is 2.73 bits per heavy atom. The van der Waals surface area contributed by atoms with Gasteiger partial charge >= 0.3 is 0 Å². The highest BCUT2D eigenvalue weighted by Crippen LogP contribution is 2.25. The Morgan fingerprint density at radius 2 is 2.14 bits per heavy atom. The lowest BCUT2D eigenvalue weighted by Crippen LogP contribution is -2.47. The fourth-order valence-electron chi connectivity index (χ4n) is 2.72. The van der Waals surface area contributed by atoms with E-state index < -0.39 is 24.9 Å². The lowest BCUT2D eigenvalue weighted by atomic mass is 10.1. The summed E-state index contributed by atoms with van der Waals surface area (Å²) in [6.07, 6.45) is -0.425. The Kier molecular flexibility index (Phi) is 5.47. The first-order valence-electron chi connectivity index (χ1n) is 7.50. The van der Waals surface area contributed by atoms with Gasteiger partial charge in [0.15, 0.2) is 0 Å². The quantitative estimate of drug-likeness (QED) is 0.839. The smallest absolute Gasteiger partial charge is 0.262 e. The molecule has 6 heteroatoms. The number of nitrogens with zero attached hydrogens (tertiary/aromatic N) is 1. The van der Waals surface area contributed by atoms with Crippen LogP contribution >= 0.6 is 0 Å². The largest absolute Gasteiger partial charge is 0.351 e. The number of nitrogens with one attached hydrogen (secondary N) is 2. The highest BCUT2D eigenvalue weighted by Gasteiger charge is 2.42. The van der Waals surface area contributed by atoms with Gasteiger partial charge in [-0.1, -0.05) is 30.3 Å². The average Bonchev–Trinajstić information content (AvgIpc) is 2.80. The molecule has 2 atom stereocenters. The number of rotatable bonds is 6. The summed E-state index contributed by atoms with van der Waals surface area (Å²) >= 11 is 0. The maximum absolute atomic E-state index is 13.1. The SMILES string of the molecule is CC(CN(C)Cc1ccccc1)NC(=O)C1CC(F)(F)CN1. The molecule has 2 N–H and O–H groups in total. The van der Waals surface area contributed by atoms with Crippen LogP contribution in [0.3, 0.4) is 0 Å². The van der Waals surface area contributed by atoms with Gasteiger partial charge in [0.1, 0.15) is 0 Å². The highest BCUT2D eigenvalue weighted by molar-refractivity contribution is 5.82. The minimum atomic E-state index is -2.78. The van der Waals surface area contributed by atoms with E-state index in [0.717, 1.165) is 6.54 Å². The second-order valence-electron chi connectivity index (χ2n) is 6.09. The molecule has 0 bridgehead atoms. The van der Waals surface area contributed by atoms with Crippen LogP contribution in [0.25, 0.3) is 0 Å². The summed E-state index contributed by atoms with van der Waals surface area (Å²) in [4.78, 5) is 14.1. The molecule has 1 aromatic rings. The Balaban J connectivity index is 1.75. The fraction of sp³-hybridized carbons (Fsp3) is 0.562. The lowest BCUT2D eigenvalue weighted by molar-refractivity contribution is -0.124. The van der Waals surface area contributed by atoms with Crippen LogP contribution < -0.4 is 10.6 Å². The molecule has 1 aliphatic rings. The molecule has 1 saturated heterocycles. The highest BCUT2D eigenvalue weighted by atomic mass is 19.3. The summed E-state index contributed by atoms with van der Waals surface area (Å²) in [6.45, 7) is 2.89. The molecule has 1 amide bonds. The van der Waals surface area contributed by atoms with Crippen LogP contribution in [0.15, 0.2) is 30.3 Å². The molecule has 0 saturated carbocycles. The maximum atomic E-state index is 13.1. The van der Waals surface area contributed by atoms with Crippen LogP contribution in [-0.2, 0) is 11.3 Å². The van der Waals surface area contributed by atoms with Crippen LogP contribution in [0.5, 0.6) is 0 Å². The number of benzene rings is 1. The molecular formula is C16H23F2N3O. The number of hydrogen-bond acceptors (Lipinski definition) is 3. The van der Waals surface area contributed by atoms with Crippen molar-refractivity contribution in [2.75, 3.05) is 20.1 Å². The predicted molar refractivity (Wildman–Crippen MR) is 81.7 cm³/mol. The van der Waals surface area contributed by atoms with Crippen molar-refractivity contribution in [2.45, 2.75) is 37.9 Å².